The van der Waals surface area contributed by atoms with Gasteiger partial charge in [-0.25, -0.2) is 0 Å². The van der Waals surface area contributed by atoms with Crippen LogP contribution in [0.25, 0.3) is 5.69 Å². The molecular formula is C13H14N6O3S. The molecule has 0 unspecified atom stereocenters. The highest BCUT2D eigenvalue weighted by Crippen LogP contribution is 2.18. The molecule has 0 aliphatic carbocycles. The Labute approximate surface area is 135 Å². The predicted molar refractivity (Wildman–Crippen MR) is 81.8 cm³/mol. The van der Waals surface area contributed by atoms with Crippen LogP contribution in [-0.4, -0.2) is 43.6 Å². The number of nitrogens with one attached hydrogen (secondary N) is 2. The normalized spacial score (nSPS) is 10.2. The van der Waals surface area contributed by atoms with Gasteiger partial charge in [-0.1, -0.05) is 23.9 Å². The number of benzene rings is 1. The van der Waals surface area contributed by atoms with Crippen molar-refractivity contribution in [3.63, 3.8) is 0 Å². The van der Waals surface area contributed by atoms with E-state index < -0.39 is 5.91 Å². The van der Waals surface area contributed by atoms with Gasteiger partial charge in [-0.15, -0.1) is 5.10 Å². The Kier molecular flexibility index (Phi) is 5.41. The molecule has 0 radical (unpaired) electrons. The molecule has 2 aromatic rings. The molecule has 0 saturated heterocycles. The molecule has 120 valence electrons. The average molecular weight is 334 g/mol. The van der Waals surface area contributed by atoms with Gasteiger partial charge in [-0.2, -0.15) is 4.68 Å². The van der Waals surface area contributed by atoms with E-state index in [0.717, 1.165) is 11.8 Å². The summed E-state index contributed by atoms with van der Waals surface area (Å²) in [6, 6.07) is 6.85. The third-order valence-corrected chi connectivity index (χ3v) is 3.57. The molecule has 1 aromatic carbocycles. The van der Waals surface area contributed by atoms with Crippen LogP contribution in [0.3, 0.4) is 0 Å². The fraction of sp³-hybridized carbons (Fsp3) is 0.231. The second kappa shape index (κ2) is 7.49. The van der Waals surface area contributed by atoms with Crippen molar-refractivity contribution in [2.75, 3.05) is 5.75 Å². The molecular weight excluding hydrogens is 320 g/mol. The van der Waals surface area contributed by atoms with Gasteiger partial charge < -0.3 is 0 Å². The second-order valence-electron chi connectivity index (χ2n) is 4.50. The highest BCUT2D eigenvalue weighted by atomic mass is 32.2. The number of Topliss-reactive ketones (excluding diaryl/α,β-unsaturated/α-hetero) is 1. The van der Waals surface area contributed by atoms with Crippen LogP contribution >= 0.6 is 11.8 Å². The zero-order valence-corrected chi connectivity index (χ0v) is 13.3. The monoisotopic (exact) mass is 334 g/mol. The Bertz CT molecular complexity index is 745. The summed E-state index contributed by atoms with van der Waals surface area (Å²) in [6.07, 6.45) is 0. The standard InChI is InChI=1S/C13H14N6O3S/c1-8(20)10-4-3-5-11(6-10)19-13(16-17-18-19)23-7-12(22)15-14-9(2)21/h3-6H,7H2,1-2H3,(H,14,21)(H,15,22). The molecule has 0 atom stereocenters. The average Bonchev–Trinajstić information content (AvgIpc) is 2.99. The van der Waals surface area contributed by atoms with E-state index >= 15 is 0 Å². The fourth-order valence-corrected chi connectivity index (χ4v) is 2.30. The molecule has 0 saturated carbocycles. The van der Waals surface area contributed by atoms with E-state index in [4.69, 9.17) is 0 Å². The SMILES string of the molecule is CC(=O)NNC(=O)CSc1nnnn1-c1cccc(C(C)=O)c1. The molecule has 0 aliphatic heterocycles. The molecule has 23 heavy (non-hydrogen) atoms. The summed E-state index contributed by atoms with van der Waals surface area (Å²) < 4.78 is 1.43. The van der Waals surface area contributed by atoms with E-state index in [1.165, 1.54) is 18.5 Å². The summed E-state index contributed by atoms with van der Waals surface area (Å²) in [6.45, 7) is 2.76. The summed E-state index contributed by atoms with van der Waals surface area (Å²) in [7, 11) is 0. The number of ketones is 1. The number of hydrazine groups is 1. The molecule has 2 N–H and O–H groups in total. The van der Waals surface area contributed by atoms with Crippen LogP contribution in [0.1, 0.15) is 24.2 Å². The molecule has 0 spiro atoms. The van der Waals surface area contributed by atoms with Crippen LogP contribution in [-0.2, 0) is 9.59 Å². The molecule has 0 aliphatic rings. The van der Waals surface area contributed by atoms with Gasteiger partial charge in [0.15, 0.2) is 5.78 Å². The van der Waals surface area contributed by atoms with Gasteiger partial charge in [0.2, 0.25) is 17.0 Å². The molecule has 0 bridgehead atoms. The second-order valence-corrected chi connectivity index (χ2v) is 5.44. The lowest BCUT2D eigenvalue weighted by Crippen LogP contribution is -2.41. The van der Waals surface area contributed by atoms with Crippen molar-refractivity contribution in [3.8, 4) is 5.69 Å². The first-order valence-corrected chi connectivity index (χ1v) is 7.54. The van der Waals surface area contributed by atoms with Crippen LogP contribution in [0.2, 0.25) is 0 Å². The van der Waals surface area contributed by atoms with Crippen molar-refractivity contribution in [1.29, 1.82) is 0 Å². The van der Waals surface area contributed by atoms with Crippen LogP contribution in [0.5, 0.6) is 0 Å². The lowest BCUT2D eigenvalue weighted by atomic mass is 10.1. The number of carbonyl (C=O) groups is 3. The van der Waals surface area contributed by atoms with Crippen LogP contribution in [0.15, 0.2) is 29.4 Å². The van der Waals surface area contributed by atoms with Crippen molar-refractivity contribution in [2.45, 2.75) is 19.0 Å². The van der Waals surface area contributed by atoms with Gasteiger partial charge in [-0.05, 0) is 29.5 Å². The number of hydrogen-bond donors (Lipinski definition) is 2. The van der Waals surface area contributed by atoms with Gasteiger partial charge in [-0.3, -0.25) is 25.2 Å². The summed E-state index contributed by atoms with van der Waals surface area (Å²) in [5, 5.41) is 11.7. The number of hydrogen-bond acceptors (Lipinski definition) is 7. The minimum Gasteiger partial charge on any atom is -0.295 e. The molecule has 10 heteroatoms. The third kappa shape index (κ3) is 4.61. The van der Waals surface area contributed by atoms with Crippen molar-refractivity contribution in [1.82, 2.24) is 31.1 Å². The summed E-state index contributed by atoms with van der Waals surface area (Å²) in [5.74, 6) is -0.803. The van der Waals surface area contributed by atoms with E-state index in [-0.39, 0.29) is 17.4 Å². The molecule has 2 rings (SSSR count). The summed E-state index contributed by atoms with van der Waals surface area (Å²) >= 11 is 1.10. The number of thioether (sulfide) groups is 1. The molecule has 2 amide bonds. The van der Waals surface area contributed by atoms with Gasteiger partial charge in [0, 0.05) is 12.5 Å². The lowest BCUT2D eigenvalue weighted by molar-refractivity contribution is -0.126. The highest BCUT2D eigenvalue weighted by molar-refractivity contribution is 7.99. The van der Waals surface area contributed by atoms with E-state index in [0.29, 0.717) is 16.4 Å². The summed E-state index contributed by atoms with van der Waals surface area (Å²) in [5.41, 5.74) is 5.60. The molecule has 1 heterocycles. The number of amides is 2. The Morgan fingerprint density at radius 2 is 2.00 bits per heavy atom. The smallest absolute Gasteiger partial charge is 0.248 e. The Morgan fingerprint density at radius 3 is 2.70 bits per heavy atom. The fourth-order valence-electron chi connectivity index (χ4n) is 1.61. The van der Waals surface area contributed by atoms with Crippen molar-refractivity contribution in [2.24, 2.45) is 0 Å². The minimum absolute atomic E-state index is 0.0209. The first kappa shape index (κ1) is 16.6. The van der Waals surface area contributed by atoms with E-state index in [9.17, 15) is 14.4 Å². The number of aromatic nitrogens is 4. The Balaban J connectivity index is 2.08. The van der Waals surface area contributed by atoms with E-state index in [2.05, 4.69) is 26.4 Å². The number of rotatable bonds is 5. The highest BCUT2D eigenvalue weighted by Gasteiger charge is 2.12. The number of tetrazole rings is 1. The topological polar surface area (TPSA) is 119 Å². The first-order valence-electron chi connectivity index (χ1n) is 6.55. The number of nitrogens with zero attached hydrogens (tertiary/aromatic N) is 4. The lowest BCUT2D eigenvalue weighted by Gasteiger charge is -2.06. The maximum atomic E-state index is 11.6. The van der Waals surface area contributed by atoms with Gasteiger partial charge in [0.25, 0.3) is 0 Å². The molecule has 9 nitrogen and oxygen atoms in total. The first-order chi connectivity index (χ1) is 11.0. The van der Waals surface area contributed by atoms with Crippen LogP contribution in [0, 0.1) is 0 Å². The predicted octanol–water partition coefficient (Wildman–Crippen LogP) is 0.124. The van der Waals surface area contributed by atoms with Gasteiger partial charge >= 0.3 is 0 Å². The zero-order valence-electron chi connectivity index (χ0n) is 12.4. The Morgan fingerprint density at radius 1 is 1.22 bits per heavy atom. The van der Waals surface area contributed by atoms with Gasteiger partial charge in [0.1, 0.15) is 0 Å². The quantitative estimate of drug-likeness (QED) is 0.453. The zero-order chi connectivity index (χ0) is 16.8. The minimum atomic E-state index is -0.391. The number of carbonyl (C=O) groups excluding carboxylic acids is 3. The maximum Gasteiger partial charge on any atom is 0.248 e. The van der Waals surface area contributed by atoms with Gasteiger partial charge in [0.05, 0.1) is 11.4 Å². The molecule has 1 aromatic heterocycles. The largest absolute Gasteiger partial charge is 0.295 e. The van der Waals surface area contributed by atoms with Crippen LogP contribution < -0.4 is 10.9 Å². The molecule has 0 fully saturated rings. The maximum absolute atomic E-state index is 11.6. The third-order valence-electron chi connectivity index (χ3n) is 2.65. The Hall–Kier alpha value is -2.75. The summed E-state index contributed by atoms with van der Waals surface area (Å²) in [4.78, 5) is 33.7. The van der Waals surface area contributed by atoms with Crippen molar-refractivity contribution >= 4 is 29.4 Å². The van der Waals surface area contributed by atoms with E-state index in [1.807, 2.05) is 0 Å². The van der Waals surface area contributed by atoms with E-state index in [1.54, 1.807) is 24.3 Å². The van der Waals surface area contributed by atoms with Crippen LogP contribution in [0.4, 0.5) is 0 Å². The van der Waals surface area contributed by atoms with Crippen molar-refractivity contribution in [3.05, 3.63) is 29.8 Å². The van der Waals surface area contributed by atoms with Crippen molar-refractivity contribution < 1.29 is 14.4 Å².